The normalized spacial score (nSPS) is 10.1. The first kappa shape index (κ1) is 28.3. The zero-order chi connectivity index (χ0) is 23.3. The third kappa shape index (κ3) is 13.5. The van der Waals surface area contributed by atoms with Crippen molar-refractivity contribution in [2.75, 3.05) is 18.0 Å². The molecule has 0 aliphatic heterocycles. The van der Waals surface area contributed by atoms with Gasteiger partial charge in [0.15, 0.2) is 5.82 Å². The first-order chi connectivity index (χ1) is 13.9. The summed E-state index contributed by atoms with van der Waals surface area (Å²) in [6.45, 7) is 9.05. The van der Waals surface area contributed by atoms with Gasteiger partial charge >= 0.3 is 11.2 Å². The molecule has 0 aliphatic carbocycles. The number of H-pyrrole nitrogens is 1. The summed E-state index contributed by atoms with van der Waals surface area (Å²) in [5.41, 5.74) is 1.01. The number of aromatic hydroxyl groups is 1. The molecule has 1 aromatic carbocycles. The van der Waals surface area contributed by atoms with Crippen molar-refractivity contribution >= 4 is 50.6 Å². The van der Waals surface area contributed by atoms with Crippen LogP contribution in [0.1, 0.15) is 32.2 Å². The van der Waals surface area contributed by atoms with Crippen molar-refractivity contribution in [1.29, 1.82) is 0 Å². The molecule has 12 heteroatoms. The first-order valence-electron chi connectivity index (χ1n) is 8.80. The van der Waals surface area contributed by atoms with Gasteiger partial charge in [0.2, 0.25) is 5.88 Å². The molecular weight excluding hydrogens is 476 g/mol. The van der Waals surface area contributed by atoms with Crippen molar-refractivity contribution in [2.45, 2.75) is 34.3 Å². The minimum absolute atomic E-state index is 0.119. The largest absolute Gasteiger partial charge is 0.493 e. The second-order valence-corrected chi connectivity index (χ2v) is 12.3. The van der Waals surface area contributed by atoms with Crippen LogP contribution in [0.15, 0.2) is 35.1 Å². The fraction of sp³-hybridized carbons (Fsp3) is 0.389. The molecular formula is C18H25Cl3N3O5P. The Morgan fingerprint density at radius 3 is 2.10 bits per heavy atom. The van der Waals surface area contributed by atoms with Gasteiger partial charge in [-0.3, -0.25) is 14.2 Å². The number of aromatic nitrogens is 2. The molecule has 2 aromatic rings. The Morgan fingerprint density at radius 2 is 1.70 bits per heavy atom. The Morgan fingerprint density at radius 1 is 1.20 bits per heavy atom. The zero-order valence-corrected chi connectivity index (χ0v) is 20.2. The van der Waals surface area contributed by atoms with E-state index in [1.54, 1.807) is 0 Å². The molecule has 2 N–H and O–H groups in total. The van der Waals surface area contributed by atoms with Crippen molar-refractivity contribution in [3.63, 3.8) is 0 Å². The lowest BCUT2D eigenvalue weighted by atomic mass is 10.3. The smallest absolute Gasteiger partial charge is 0.339 e. The summed E-state index contributed by atoms with van der Waals surface area (Å²) in [6.07, 6.45) is 0. The van der Waals surface area contributed by atoms with Crippen LogP contribution in [0.5, 0.6) is 5.88 Å². The third-order valence-electron chi connectivity index (χ3n) is 3.47. The molecule has 0 aliphatic rings. The van der Waals surface area contributed by atoms with Crippen LogP contribution in [-0.2, 0) is 20.7 Å². The van der Waals surface area contributed by atoms with Gasteiger partial charge in [-0.25, -0.2) is 0 Å². The Hall–Kier alpha value is -1.73. The SMILES string of the molecule is CC(=O)OCc1nc(O)c(C)c(=O)[nH]1.CCN(CC)c1ccccc1.O=P(Cl)(Cl)Cl. The van der Waals surface area contributed by atoms with E-state index in [0.29, 0.717) is 0 Å². The maximum absolute atomic E-state index is 11.1. The summed E-state index contributed by atoms with van der Waals surface area (Å²) in [5.74, 6) is -0.711. The first-order valence-corrected chi connectivity index (χ1v) is 13.2. The number of para-hydroxylation sites is 1. The van der Waals surface area contributed by atoms with Gasteiger partial charge in [-0.15, -0.1) is 0 Å². The molecule has 168 valence electrons. The molecule has 8 nitrogen and oxygen atoms in total. The van der Waals surface area contributed by atoms with E-state index in [1.165, 1.54) is 19.5 Å². The van der Waals surface area contributed by atoms with Crippen LogP contribution in [0.4, 0.5) is 5.69 Å². The number of carbonyl (C=O) groups is 1. The van der Waals surface area contributed by atoms with E-state index in [2.05, 4.69) is 91.4 Å². The van der Waals surface area contributed by atoms with E-state index >= 15 is 0 Å². The predicted molar refractivity (Wildman–Crippen MR) is 122 cm³/mol. The van der Waals surface area contributed by atoms with Crippen LogP contribution in [-0.4, -0.2) is 34.1 Å². The summed E-state index contributed by atoms with van der Waals surface area (Å²) in [4.78, 5) is 29.9. The molecule has 1 aromatic heterocycles. The lowest BCUT2D eigenvalue weighted by Gasteiger charge is -2.20. The summed E-state index contributed by atoms with van der Waals surface area (Å²) in [7, 11) is 0. The van der Waals surface area contributed by atoms with Gasteiger partial charge in [0.25, 0.3) is 5.56 Å². The van der Waals surface area contributed by atoms with Gasteiger partial charge < -0.3 is 19.7 Å². The fourth-order valence-electron chi connectivity index (χ4n) is 2.03. The average molecular weight is 501 g/mol. The number of hydrogen-bond donors (Lipinski definition) is 2. The molecule has 0 saturated carbocycles. The standard InChI is InChI=1S/C10H15N.C8H10N2O4.Cl3OP/c1-3-11(4-2)10-8-6-5-7-9-10;1-4-7(12)9-6(10-8(4)13)3-14-5(2)11;1-5(2,3)4/h5-9H,3-4H2,1-2H3;3H2,1-2H3,(H2,9,10,12,13);. The maximum atomic E-state index is 11.1. The Labute approximate surface area is 189 Å². The van der Waals surface area contributed by atoms with Crippen LogP contribution < -0.4 is 10.5 Å². The minimum atomic E-state index is -3.22. The number of anilines is 1. The Kier molecular flexibility index (Phi) is 13.5. The van der Waals surface area contributed by atoms with Gasteiger partial charge in [0.05, 0.1) is 5.56 Å². The molecule has 0 bridgehead atoms. The van der Waals surface area contributed by atoms with E-state index in [0.717, 1.165) is 13.1 Å². The number of nitrogens with zero attached hydrogens (tertiary/aromatic N) is 2. The number of hydrogen-bond acceptors (Lipinski definition) is 7. The number of carbonyl (C=O) groups excluding carboxylic acids is 1. The van der Waals surface area contributed by atoms with Crippen molar-refractivity contribution in [1.82, 2.24) is 9.97 Å². The highest BCUT2D eigenvalue weighted by atomic mass is 36.0. The Bertz CT molecular complexity index is 878. The molecule has 2 rings (SSSR count). The highest BCUT2D eigenvalue weighted by Gasteiger charge is 2.06. The second kappa shape index (κ2) is 14.3. The third-order valence-corrected chi connectivity index (χ3v) is 3.47. The molecule has 0 spiro atoms. The molecule has 1 heterocycles. The summed E-state index contributed by atoms with van der Waals surface area (Å²) >= 11 is 13.8. The maximum Gasteiger partial charge on any atom is 0.339 e. The van der Waals surface area contributed by atoms with Crippen molar-refractivity contribution in [3.8, 4) is 5.88 Å². The van der Waals surface area contributed by atoms with E-state index in [4.69, 9.17) is 0 Å². The van der Waals surface area contributed by atoms with Gasteiger partial charge in [0, 0.05) is 25.7 Å². The van der Waals surface area contributed by atoms with Crippen LogP contribution in [0.3, 0.4) is 0 Å². The number of nitrogens with one attached hydrogen (secondary N) is 1. The molecule has 0 saturated heterocycles. The fourth-order valence-corrected chi connectivity index (χ4v) is 2.03. The molecule has 0 unspecified atom stereocenters. The number of halogens is 3. The number of ether oxygens (including phenoxy) is 1. The summed E-state index contributed by atoms with van der Waals surface area (Å²) in [5, 5.41) is 5.95. The predicted octanol–water partition coefficient (Wildman–Crippen LogP) is 5.19. The van der Waals surface area contributed by atoms with Crippen LogP contribution >= 0.6 is 38.9 Å². The van der Waals surface area contributed by atoms with E-state index < -0.39 is 16.7 Å². The average Bonchev–Trinajstić information content (AvgIpc) is 2.65. The molecule has 0 atom stereocenters. The van der Waals surface area contributed by atoms with Crippen LogP contribution in [0.25, 0.3) is 0 Å². The number of benzene rings is 1. The van der Waals surface area contributed by atoms with Crippen LogP contribution in [0, 0.1) is 6.92 Å². The van der Waals surface area contributed by atoms with Gasteiger partial charge in [-0.05, 0) is 66.6 Å². The van der Waals surface area contributed by atoms with E-state index in [9.17, 15) is 19.3 Å². The van der Waals surface area contributed by atoms with Gasteiger partial charge in [-0.2, -0.15) is 4.98 Å². The van der Waals surface area contributed by atoms with E-state index in [1.807, 2.05) is 6.07 Å². The minimum Gasteiger partial charge on any atom is -0.493 e. The number of aromatic amines is 1. The van der Waals surface area contributed by atoms with E-state index in [-0.39, 0.29) is 23.9 Å². The monoisotopic (exact) mass is 499 g/mol. The Balaban J connectivity index is 0.000000468. The molecule has 0 fully saturated rings. The van der Waals surface area contributed by atoms with Crippen LogP contribution in [0.2, 0.25) is 0 Å². The van der Waals surface area contributed by atoms with Crippen molar-refractivity contribution < 1.29 is 19.2 Å². The lowest BCUT2D eigenvalue weighted by Crippen LogP contribution is -2.21. The second-order valence-electron chi connectivity index (χ2n) is 5.65. The molecule has 30 heavy (non-hydrogen) atoms. The highest BCUT2D eigenvalue weighted by Crippen LogP contribution is 2.61. The molecule has 0 radical (unpaired) electrons. The number of esters is 1. The summed E-state index contributed by atoms with van der Waals surface area (Å²) in [6, 6.07) is 10.5. The molecule has 0 amide bonds. The number of rotatable bonds is 5. The highest BCUT2D eigenvalue weighted by molar-refractivity contribution is 8.24. The topological polar surface area (TPSA) is 113 Å². The van der Waals surface area contributed by atoms with Gasteiger partial charge in [0.1, 0.15) is 6.61 Å². The quantitative estimate of drug-likeness (QED) is 0.429. The lowest BCUT2D eigenvalue weighted by molar-refractivity contribution is -0.142. The summed E-state index contributed by atoms with van der Waals surface area (Å²) < 4.78 is 14.1. The zero-order valence-electron chi connectivity index (χ0n) is 17.1. The van der Waals surface area contributed by atoms with Crippen molar-refractivity contribution in [2.24, 2.45) is 0 Å². The van der Waals surface area contributed by atoms with Gasteiger partial charge in [-0.1, -0.05) is 18.2 Å². The van der Waals surface area contributed by atoms with Crippen molar-refractivity contribution in [3.05, 3.63) is 52.1 Å².